The first-order valence-corrected chi connectivity index (χ1v) is 6.87. The van der Waals surface area contributed by atoms with Gasteiger partial charge in [-0.3, -0.25) is 0 Å². The molecule has 1 aromatic rings. The van der Waals surface area contributed by atoms with Crippen LogP contribution in [0.1, 0.15) is 51.0 Å². The summed E-state index contributed by atoms with van der Waals surface area (Å²) >= 11 is 0. The molecule has 0 saturated heterocycles. The van der Waals surface area contributed by atoms with Crippen molar-refractivity contribution in [2.24, 2.45) is 5.92 Å². The van der Waals surface area contributed by atoms with Crippen molar-refractivity contribution in [3.63, 3.8) is 0 Å². The molecule has 2 heteroatoms. The monoisotopic (exact) mass is 245 g/mol. The summed E-state index contributed by atoms with van der Waals surface area (Å²) in [5.41, 5.74) is 0.610. The maximum Gasteiger partial charge on any atom is 0.123 e. The fraction of sp³-hybridized carbons (Fsp3) is 0.562. The molecule has 0 spiro atoms. The molecule has 0 aliphatic heterocycles. The topological polar surface area (TPSA) is 23.8 Å². The van der Waals surface area contributed by atoms with Gasteiger partial charge in [0.15, 0.2) is 0 Å². The van der Waals surface area contributed by atoms with Crippen LogP contribution in [0.5, 0.6) is 0 Å². The molecule has 1 nitrogen and oxygen atoms in total. The summed E-state index contributed by atoms with van der Waals surface area (Å²) in [7, 11) is 0. The lowest BCUT2D eigenvalue weighted by atomic mass is 9.67. The molecule has 0 radical (unpaired) electrons. The lowest BCUT2D eigenvalue weighted by Crippen LogP contribution is -2.30. The van der Waals surface area contributed by atoms with Crippen LogP contribution in [-0.2, 0) is 5.41 Å². The van der Waals surface area contributed by atoms with E-state index in [4.69, 9.17) is 0 Å². The molecule has 1 aliphatic carbocycles. The summed E-state index contributed by atoms with van der Waals surface area (Å²) < 4.78 is 13.0. The van der Waals surface area contributed by atoms with Gasteiger partial charge in [0.25, 0.3) is 0 Å². The van der Waals surface area contributed by atoms with Gasteiger partial charge in [-0.05, 0) is 49.3 Å². The van der Waals surface area contributed by atoms with Gasteiger partial charge in [0, 0.05) is 0 Å². The Kier molecular flexibility index (Phi) is 4.01. The zero-order valence-corrected chi connectivity index (χ0v) is 11.0. The van der Waals surface area contributed by atoms with E-state index >= 15 is 0 Å². The standard InChI is InChI=1S/C16H20FN/c1-2-3-13-8-10-16(12-18,11-9-13)14-4-6-15(17)7-5-14/h4-7,13H,2-3,8-11H2,1H3. The van der Waals surface area contributed by atoms with Crippen molar-refractivity contribution in [2.45, 2.75) is 50.9 Å². The first-order chi connectivity index (χ1) is 8.70. The second-order valence-corrected chi connectivity index (χ2v) is 5.43. The highest BCUT2D eigenvalue weighted by Crippen LogP contribution is 2.42. The van der Waals surface area contributed by atoms with E-state index in [0.29, 0.717) is 0 Å². The summed E-state index contributed by atoms with van der Waals surface area (Å²) in [4.78, 5) is 0. The molecule has 0 aromatic heterocycles. The predicted molar refractivity (Wildman–Crippen MR) is 70.6 cm³/mol. The first kappa shape index (κ1) is 13.1. The van der Waals surface area contributed by atoms with Crippen LogP contribution in [0.2, 0.25) is 0 Å². The van der Waals surface area contributed by atoms with Crippen molar-refractivity contribution < 1.29 is 4.39 Å². The van der Waals surface area contributed by atoms with Crippen LogP contribution in [0.15, 0.2) is 24.3 Å². The molecule has 1 fully saturated rings. The molecule has 2 rings (SSSR count). The third kappa shape index (κ3) is 2.56. The van der Waals surface area contributed by atoms with Gasteiger partial charge in [0.05, 0.1) is 11.5 Å². The Morgan fingerprint density at radius 3 is 2.39 bits per heavy atom. The lowest BCUT2D eigenvalue weighted by Gasteiger charge is -2.35. The van der Waals surface area contributed by atoms with E-state index in [1.54, 1.807) is 12.1 Å². The fourth-order valence-electron chi connectivity index (χ4n) is 3.10. The number of halogens is 1. The van der Waals surface area contributed by atoms with Gasteiger partial charge in [0.1, 0.15) is 5.82 Å². The molecule has 0 N–H and O–H groups in total. The van der Waals surface area contributed by atoms with Crippen molar-refractivity contribution in [2.75, 3.05) is 0 Å². The van der Waals surface area contributed by atoms with Gasteiger partial charge in [-0.2, -0.15) is 5.26 Å². The molecule has 0 bridgehead atoms. The molecule has 0 unspecified atom stereocenters. The summed E-state index contributed by atoms with van der Waals surface area (Å²) in [6.07, 6.45) is 6.57. The van der Waals surface area contributed by atoms with Gasteiger partial charge < -0.3 is 0 Å². The van der Waals surface area contributed by atoms with Gasteiger partial charge in [-0.1, -0.05) is 31.9 Å². The Labute approximate surface area is 109 Å². The molecule has 0 heterocycles. The third-order valence-electron chi connectivity index (χ3n) is 4.27. The minimum atomic E-state index is -0.377. The maximum absolute atomic E-state index is 13.0. The average Bonchev–Trinajstić information content (AvgIpc) is 2.41. The number of hydrogen-bond acceptors (Lipinski definition) is 1. The molecule has 1 aliphatic rings. The number of rotatable bonds is 3. The largest absolute Gasteiger partial charge is 0.207 e. The van der Waals surface area contributed by atoms with E-state index in [1.165, 1.54) is 25.0 Å². The van der Waals surface area contributed by atoms with Crippen molar-refractivity contribution in [3.05, 3.63) is 35.6 Å². The normalized spacial score (nSPS) is 27.7. The van der Waals surface area contributed by atoms with Gasteiger partial charge in [-0.25, -0.2) is 4.39 Å². The zero-order valence-electron chi connectivity index (χ0n) is 11.0. The third-order valence-corrected chi connectivity index (χ3v) is 4.27. The molecule has 1 saturated carbocycles. The number of nitrogens with zero attached hydrogens (tertiary/aromatic N) is 1. The molecule has 0 atom stereocenters. The van der Waals surface area contributed by atoms with Crippen molar-refractivity contribution >= 4 is 0 Å². The van der Waals surface area contributed by atoms with Gasteiger partial charge in [-0.15, -0.1) is 0 Å². The molecular weight excluding hydrogens is 225 g/mol. The fourth-order valence-corrected chi connectivity index (χ4v) is 3.10. The van der Waals surface area contributed by atoms with E-state index in [1.807, 2.05) is 0 Å². The minimum absolute atomic E-state index is 0.230. The van der Waals surface area contributed by atoms with E-state index in [9.17, 15) is 9.65 Å². The van der Waals surface area contributed by atoms with Crippen LogP contribution in [0.3, 0.4) is 0 Å². The Morgan fingerprint density at radius 1 is 1.28 bits per heavy atom. The summed E-state index contributed by atoms with van der Waals surface area (Å²) in [5, 5.41) is 9.54. The minimum Gasteiger partial charge on any atom is -0.207 e. The van der Waals surface area contributed by atoms with E-state index < -0.39 is 0 Å². The first-order valence-electron chi connectivity index (χ1n) is 6.87. The van der Waals surface area contributed by atoms with Gasteiger partial charge >= 0.3 is 0 Å². The van der Waals surface area contributed by atoms with Crippen LogP contribution in [0.25, 0.3) is 0 Å². The summed E-state index contributed by atoms with van der Waals surface area (Å²) in [6, 6.07) is 8.98. The van der Waals surface area contributed by atoms with E-state index in [0.717, 1.165) is 37.2 Å². The van der Waals surface area contributed by atoms with Crippen LogP contribution in [0.4, 0.5) is 4.39 Å². The highest BCUT2D eigenvalue weighted by molar-refractivity contribution is 5.33. The summed E-state index contributed by atoms with van der Waals surface area (Å²) in [6.45, 7) is 2.21. The molecule has 18 heavy (non-hydrogen) atoms. The van der Waals surface area contributed by atoms with Crippen molar-refractivity contribution in [1.29, 1.82) is 5.26 Å². The van der Waals surface area contributed by atoms with Gasteiger partial charge in [0.2, 0.25) is 0 Å². The Morgan fingerprint density at radius 2 is 1.89 bits per heavy atom. The van der Waals surface area contributed by atoms with Crippen LogP contribution >= 0.6 is 0 Å². The molecular formula is C16H20FN. The average molecular weight is 245 g/mol. The number of benzene rings is 1. The second-order valence-electron chi connectivity index (χ2n) is 5.43. The predicted octanol–water partition coefficient (Wildman–Crippen LogP) is 4.58. The van der Waals surface area contributed by atoms with Crippen molar-refractivity contribution in [3.8, 4) is 6.07 Å². The highest BCUT2D eigenvalue weighted by atomic mass is 19.1. The maximum atomic E-state index is 13.0. The van der Waals surface area contributed by atoms with Crippen molar-refractivity contribution in [1.82, 2.24) is 0 Å². The molecule has 1 aromatic carbocycles. The second kappa shape index (κ2) is 5.52. The van der Waals surface area contributed by atoms with Crippen LogP contribution in [-0.4, -0.2) is 0 Å². The van der Waals surface area contributed by atoms with E-state index in [2.05, 4.69) is 13.0 Å². The molecule has 96 valence electrons. The zero-order chi connectivity index (χ0) is 13.0. The lowest BCUT2D eigenvalue weighted by molar-refractivity contribution is 0.265. The number of nitriles is 1. The van der Waals surface area contributed by atoms with Crippen LogP contribution in [0, 0.1) is 23.1 Å². The van der Waals surface area contributed by atoms with E-state index in [-0.39, 0.29) is 11.2 Å². The Hall–Kier alpha value is -1.36. The van der Waals surface area contributed by atoms with Crippen LogP contribution < -0.4 is 0 Å². The number of hydrogen-bond donors (Lipinski definition) is 0. The Balaban J connectivity index is 2.14. The smallest absolute Gasteiger partial charge is 0.123 e. The SMILES string of the molecule is CCCC1CCC(C#N)(c2ccc(F)cc2)CC1. The summed E-state index contributed by atoms with van der Waals surface area (Å²) in [5.74, 6) is 0.545. The Bertz CT molecular complexity index is 421. The molecule has 0 amide bonds. The quantitative estimate of drug-likeness (QED) is 0.764. The highest BCUT2D eigenvalue weighted by Gasteiger charge is 2.36.